The van der Waals surface area contributed by atoms with Gasteiger partial charge in [0.2, 0.25) is 0 Å². The minimum Gasteiger partial charge on any atom is -0.324 e. The van der Waals surface area contributed by atoms with E-state index in [0.29, 0.717) is 0 Å². The second-order valence-corrected chi connectivity index (χ2v) is 6.92. The third kappa shape index (κ3) is 2.47. The number of fused-ring (bicyclic) bond motifs is 2. The molecule has 1 unspecified atom stereocenters. The Hall–Kier alpha value is -1.71. The number of nitrogens with two attached hydrogens (primary N) is 1. The molecule has 1 heterocycles. The summed E-state index contributed by atoms with van der Waals surface area (Å²) in [5, 5.41) is 3.72. The molecule has 2 N–H and O–H groups in total. The molecule has 0 aliphatic heterocycles. The highest BCUT2D eigenvalue weighted by Crippen LogP contribution is 2.30. The van der Waals surface area contributed by atoms with E-state index in [1.165, 1.54) is 44.8 Å². The molecule has 0 radical (unpaired) electrons. The summed E-state index contributed by atoms with van der Waals surface area (Å²) < 4.78 is 0. The van der Waals surface area contributed by atoms with Gasteiger partial charge in [0.1, 0.15) is 0 Å². The van der Waals surface area contributed by atoms with Crippen LogP contribution in [-0.2, 0) is 19.3 Å². The maximum atomic E-state index is 6.40. The van der Waals surface area contributed by atoms with Gasteiger partial charge in [-0.3, -0.25) is 0 Å². The van der Waals surface area contributed by atoms with Crippen LogP contribution in [0.15, 0.2) is 42.5 Å². The standard InChI is InChI=1S/C18H18N2S/c19-15(11-18-20-16-6-3-7-17(16)21-18)14-9-8-12-4-1-2-5-13(12)10-14/h1-2,4-5,8-10,15H,3,6-7,11,19H2. The number of rotatable bonds is 3. The first kappa shape index (κ1) is 13.0. The SMILES string of the molecule is NC(Cc1nc2c(s1)CCC2)c1ccc2ccccc2c1. The first-order valence-electron chi connectivity index (χ1n) is 7.51. The fourth-order valence-electron chi connectivity index (χ4n) is 3.08. The maximum absolute atomic E-state index is 6.40. The van der Waals surface area contributed by atoms with Crippen LogP contribution in [0.3, 0.4) is 0 Å². The van der Waals surface area contributed by atoms with Gasteiger partial charge in [0.15, 0.2) is 0 Å². The van der Waals surface area contributed by atoms with E-state index in [9.17, 15) is 0 Å². The number of nitrogens with zero attached hydrogens (tertiary/aromatic N) is 1. The molecule has 0 saturated heterocycles. The number of aryl methyl sites for hydroxylation is 2. The van der Waals surface area contributed by atoms with Crippen LogP contribution < -0.4 is 5.73 Å². The zero-order chi connectivity index (χ0) is 14.2. The van der Waals surface area contributed by atoms with Gasteiger partial charge in [-0.15, -0.1) is 11.3 Å². The average Bonchev–Trinajstić information content (AvgIpc) is 3.08. The molecule has 1 aliphatic rings. The number of hydrogen-bond donors (Lipinski definition) is 1. The van der Waals surface area contributed by atoms with E-state index in [1.807, 2.05) is 11.3 Å². The van der Waals surface area contributed by atoms with Crippen LogP contribution in [0, 0.1) is 0 Å². The fourth-order valence-corrected chi connectivity index (χ4v) is 4.29. The van der Waals surface area contributed by atoms with Crippen molar-refractivity contribution in [1.29, 1.82) is 0 Å². The Morgan fingerprint density at radius 3 is 2.81 bits per heavy atom. The highest BCUT2D eigenvalue weighted by molar-refractivity contribution is 7.11. The molecule has 3 aromatic rings. The minimum absolute atomic E-state index is 0.0286. The summed E-state index contributed by atoms with van der Waals surface area (Å²) in [5.74, 6) is 0. The van der Waals surface area contributed by atoms with E-state index in [4.69, 9.17) is 10.7 Å². The average molecular weight is 294 g/mol. The first-order chi connectivity index (χ1) is 10.3. The van der Waals surface area contributed by atoms with Crippen molar-refractivity contribution in [3.05, 3.63) is 63.6 Å². The van der Waals surface area contributed by atoms with Crippen LogP contribution in [0.2, 0.25) is 0 Å². The molecule has 1 aliphatic carbocycles. The van der Waals surface area contributed by atoms with Crippen LogP contribution in [0.25, 0.3) is 10.8 Å². The summed E-state index contributed by atoms with van der Waals surface area (Å²) in [6.07, 6.45) is 4.47. The molecule has 0 spiro atoms. The van der Waals surface area contributed by atoms with Crippen LogP contribution in [0.1, 0.15) is 33.6 Å². The second-order valence-electron chi connectivity index (χ2n) is 5.75. The molecule has 1 atom stereocenters. The summed E-state index contributed by atoms with van der Waals surface area (Å²) >= 11 is 1.86. The monoisotopic (exact) mass is 294 g/mol. The molecular formula is C18H18N2S. The summed E-state index contributed by atoms with van der Waals surface area (Å²) in [6.45, 7) is 0. The Kier molecular flexibility index (Phi) is 3.24. The van der Waals surface area contributed by atoms with Crippen molar-refractivity contribution in [2.24, 2.45) is 5.73 Å². The molecule has 2 nitrogen and oxygen atoms in total. The Morgan fingerprint density at radius 1 is 1.10 bits per heavy atom. The zero-order valence-corrected chi connectivity index (χ0v) is 12.7. The lowest BCUT2D eigenvalue weighted by molar-refractivity contribution is 0.716. The normalized spacial score (nSPS) is 15.3. The van der Waals surface area contributed by atoms with E-state index >= 15 is 0 Å². The third-order valence-electron chi connectivity index (χ3n) is 4.24. The molecule has 3 heteroatoms. The first-order valence-corrected chi connectivity index (χ1v) is 8.33. The lowest BCUT2D eigenvalue weighted by Crippen LogP contribution is -2.13. The smallest absolute Gasteiger partial charge is 0.0950 e. The van der Waals surface area contributed by atoms with Gasteiger partial charge in [0.05, 0.1) is 10.7 Å². The predicted octanol–water partition coefficient (Wildman–Crippen LogP) is 4.03. The quantitative estimate of drug-likeness (QED) is 0.792. The largest absolute Gasteiger partial charge is 0.324 e. The number of hydrogen-bond acceptors (Lipinski definition) is 3. The van der Waals surface area contributed by atoms with Gasteiger partial charge in [0.25, 0.3) is 0 Å². The summed E-state index contributed by atoms with van der Waals surface area (Å²) in [5.41, 5.74) is 8.92. The maximum Gasteiger partial charge on any atom is 0.0950 e. The van der Waals surface area contributed by atoms with Crippen molar-refractivity contribution in [2.75, 3.05) is 0 Å². The predicted molar refractivity (Wildman–Crippen MR) is 88.7 cm³/mol. The number of benzene rings is 2. The number of aromatic nitrogens is 1. The van der Waals surface area contributed by atoms with Crippen LogP contribution in [-0.4, -0.2) is 4.98 Å². The van der Waals surface area contributed by atoms with Gasteiger partial charge in [-0.05, 0) is 41.7 Å². The van der Waals surface area contributed by atoms with E-state index < -0.39 is 0 Å². The Bertz CT molecular complexity index is 769. The molecule has 2 aromatic carbocycles. The Morgan fingerprint density at radius 2 is 1.95 bits per heavy atom. The molecule has 0 saturated carbocycles. The van der Waals surface area contributed by atoms with Gasteiger partial charge < -0.3 is 5.73 Å². The van der Waals surface area contributed by atoms with Crippen molar-refractivity contribution in [1.82, 2.24) is 4.98 Å². The van der Waals surface area contributed by atoms with Crippen LogP contribution >= 0.6 is 11.3 Å². The van der Waals surface area contributed by atoms with Crippen LogP contribution in [0.4, 0.5) is 0 Å². The van der Waals surface area contributed by atoms with E-state index in [1.54, 1.807) is 0 Å². The highest BCUT2D eigenvalue weighted by atomic mass is 32.1. The summed E-state index contributed by atoms with van der Waals surface area (Å²) in [4.78, 5) is 6.24. The van der Waals surface area contributed by atoms with E-state index in [0.717, 1.165) is 12.8 Å². The lowest BCUT2D eigenvalue weighted by atomic mass is 10.0. The Labute approximate surface area is 128 Å². The van der Waals surface area contributed by atoms with Gasteiger partial charge in [-0.1, -0.05) is 36.4 Å². The molecule has 21 heavy (non-hydrogen) atoms. The molecule has 0 amide bonds. The van der Waals surface area contributed by atoms with E-state index in [-0.39, 0.29) is 6.04 Å². The van der Waals surface area contributed by atoms with Crippen molar-refractivity contribution in [3.8, 4) is 0 Å². The van der Waals surface area contributed by atoms with Crippen molar-refractivity contribution >= 4 is 22.1 Å². The highest BCUT2D eigenvalue weighted by Gasteiger charge is 2.18. The van der Waals surface area contributed by atoms with Crippen molar-refractivity contribution in [3.63, 3.8) is 0 Å². The Balaban J connectivity index is 1.58. The molecular weight excluding hydrogens is 276 g/mol. The molecule has 106 valence electrons. The zero-order valence-electron chi connectivity index (χ0n) is 11.9. The third-order valence-corrected chi connectivity index (χ3v) is 5.42. The van der Waals surface area contributed by atoms with Gasteiger partial charge in [-0.2, -0.15) is 0 Å². The topological polar surface area (TPSA) is 38.9 Å². The molecule has 1 aromatic heterocycles. The van der Waals surface area contributed by atoms with Gasteiger partial charge in [-0.25, -0.2) is 4.98 Å². The fraction of sp³-hybridized carbons (Fsp3) is 0.278. The minimum atomic E-state index is 0.0286. The summed E-state index contributed by atoms with van der Waals surface area (Å²) in [6, 6.07) is 15.0. The second kappa shape index (κ2) is 5.24. The lowest BCUT2D eigenvalue weighted by Gasteiger charge is -2.11. The number of thiazole rings is 1. The summed E-state index contributed by atoms with van der Waals surface area (Å²) in [7, 11) is 0. The molecule has 0 bridgehead atoms. The molecule has 0 fully saturated rings. The van der Waals surface area contributed by atoms with Gasteiger partial charge in [0, 0.05) is 17.3 Å². The van der Waals surface area contributed by atoms with Crippen molar-refractivity contribution in [2.45, 2.75) is 31.7 Å². The molecule has 4 rings (SSSR count). The van der Waals surface area contributed by atoms with Crippen molar-refractivity contribution < 1.29 is 0 Å². The van der Waals surface area contributed by atoms with Crippen LogP contribution in [0.5, 0.6) is 0 Å². The van der Waals surface area contributed by atoms with Gasteiger partial charge >= 0.3 is 0 Å². The van der Waals surface area contributed by atoms with E-state index in [2.05, 4.69) is 42.5 Å².